The van der Waals surface area contributed by atoms with Crippen molar-refractivity contribution in [2.45, 2.75) is 84.5 Å². The Kier molecular flexibility index (Phi) is 9.30. The molecule has 2 nitrogen and oxygen atoms in total. The van der Waals surface area contributed by atoms with E-state index < -0.39 is 14.4 Å². The molecule has 0 aromatic rings. The molecule has 0 saturated heterocycles. The summed E-state index contributed by atoms with van der Waals surface area (Å²) in [5, 5.41) is 10.3. The van der Waals surface area contributed by atoms with Gasteiger partial charge in [-0.05, 0) is 35.5 Å². The molecular formula is C19H36O2Si. The van der Waals surface area contributed by atoms with E-state index >= 15 is 0 Å². The Bertz CT molecular complexity index is 369. The van der Waals surface area contributed by atoms with Crippen LogP contribution in [0.15, 0.2) is 11.6 Å². The average molecular weight is 325 g/mol. The average Bonchev–Trinajstić information content (AvgIpc) is 2.44. The van der Waals surface area contributed by atoms with E-state index in [0.29, 0.717) is 29.7 Å². The zero-order valence-corrected chi connectivity index (χ0v) is 16.8. The standard InChI is InChI=1S/C19H36O2Si/c1-10-17(9)12-18(19(20)11-2)13-21-22(14(3)4,15(5)6)16(7)8/h1,12,14-16,18-20H,11,13H2,2-9H3/b17-12+/t18-,19-/m0/s1. The number of aliphatic hydroxyl groups excluding tert-OH is 1. The van der Waals surface area contributed by atoms with Crippen molar-refractivity contribution < 1.29 is 9.53 Å². The molecule has 0 aromatic heterocycles. The maximum atomic E-state index is 10.3. The van der Waals surface area contributed by atoms with Gasteiger partial charge in [0.15, 0.2) is 8.32 Å². The molecule has 0 aliphatic rings. The number of aliphatic hydroxyl groups is 1. The SMILES string of the molecule is C#C/C(C)=C/[C@@H](CO[Si](C(C)C)(C(C)C)C(C)C)[C@@H](O)CC. The highest BCUT2D eigenvalue weighted by atomic mass is 28.4. The molecule has 0 spiro atoms. The second kappa shape index (κ2) is 9.55. The van der Waals surface area contributed by atoms with Gasteiger partial charge < -0.3 is 9.53 Å². The number of terminal acetylenes is 1. The van der Waals surface area contributed by atoms with Crippen molar-refractivity contribution in [3.63, 3.8) is 0 Å². The fourth-order valence-electron chi connectivity index (χ4n) is 3.68. The zero-order chi connectivity index (χ0) is 17.5. The maximum absolute atomic E-state index is 10.3. The summed E-state index contributed by atoms with van der Waals surface area (Å²) >= 11 is 0. The van der Waals surface area contributed by atoms with Gasteiger partial charge in [-0.1, -0.05) is 60.5 Å². The Morgan fingerprint density at radius 1 is 1.14 bits per heavy atom. The lowest BCUT2D eigenvalue weighted by molar-refractivity contribution is 0.0898. The van der Waals surface area contributed by atoms with Crippen molar-refractivity contribution in [1.82, 2.24) is 0 Å². The van der Waals surface area contributed by atoms with Crippen molar-refractivity contribution in [2.24, 2.45) is 5.92 Å². The van der Waals surface area contributed by atoms with Crippen molar-refractivity contribution >= 4 is 8.32 Å². The van der Waals surface area contributed by atoms with Crippen LogP contribution in [0.3, 0.4) is 0 Å². The Hall–Kier alpha value is -0.563. The lowest BCUT2D eigenvalue weighted by Gasteiger charge is -2.43. The minimum absolute atomic E-state index is 0.0239. The minimum atomic E-state index is -1.90. The highest BCUT2D eigenvalue weighted by molar-refractivity contribution is 6.77. The monoisotopic (exact) mass is 324 g/mol. The van der Waals surface area contributed by atoms with Crippen LogP contribution in [0.2, 0.25) is 16.6 Å². The fraction of sp³-hybridized carbons (Fsp3) is 0.789. The molecule has 0 aliphatic heterocycles. The first-order valence-electron chi connectivity index (χ1n) is 8.60. The minimum Gasteiger partial charge on any atom is -0.415 e. The van der Waals surface area contributed by atoms with Gasteiger partial charge in [-0.25, -0.2) is 0 Å². The van der Waals surface area contributed by atoms with E-state index in [9.17, 15) is 5.11 Å². The van der Waals surface area contributed by atoms with Gasteiger partial charge in [-0.15, -0.1) is 6.42 Å². The van der Waals surface area contributed by atoms with Crippen LogP contribution in [0, 0.1) is 18.3 Å². The lowest BCUT2D eigenvalue weighted by Crippen LogP contribution is -2.49. The Labute approximate surface area is 139 Å². The molecule has 0 amide bonds. The molecule has 0 fully saturated rings. The van der Waals surface area contributed by atoms with Crippen LogP contribution in [0.1, 0.15) is 61.8 Å². The van der Waals surface area contributed by atoms with Gasteiger partial charge in [0, 0.05) is 12.5 Å². The molecule has 3 heteroatoms. The summed E-state index contributed by atoms with van der Waals surface area (Å²) in [5.41, 5.74) is 2.51. The Balaban J connectivity index is 5.34. The van der Waals surface area contributed by atoms with E-state index in [-0.39, 0.29) is 5.92 Å². The highest BCUT2D eigenvalue weighted by Crippen LogP contribution is 2.42. The molecule has 2 atom stereocenters. The van der Waals surface area contributed by atoms with Crippen LogP contribution < -0.4 is 0 Å². The number of hydrogen-bond acceptors (Lipinski definition) is 2. The van der Waals surface area contributed by atoms with Crippen LogP contribution in [0.25, 0.3) is 0 Å². The van der Waals surface area contributed by atoms with Gasteiger partial charge in [0.1, 0.15) is 0 Å². The zero-order valence-electron chi connectivity index (χ0n) is 15.8. The molecule has 0 radical (unpaired) electrons. The first-order valence-corrected chi connectivity index (χ1v) is 10.7. The first kappa shape index (κ1) is 21.4. The van der Waals surface area contributed by atoms with Gasteiger partial charge in [0.25, 0.3) is 0 Å². The van der Waals surface area contributed by atoms with Crippen LogP contribution in [0.5, 0.6) is 0 Å². The smallest absolute Gasteiger partial charge is 0.200 e. The molecule has 1 N–H and O–H groups in total. The molecule has 22 heavy (non-hydrogen) atoms. The Morgan fingerprint density at radius 2 is 1.59 bits per heavy atom. The van der Waals surface area contributed by atoms with Crippen LogP contribution in [0.4, 0.5) is 0 Å². The predicted octanol–water partition coefficient (Wildman–Crippen LogP) is 5.15. The highest BCUT2D eigenvalue weighted by Gasteiger charge is 2.45. The molecule has 0 saturated carbocycles. The molecule has 0 aliphatic carbocycles. The van der Waals surface area contributed by atoms with Crippen LogP contribution >= 0.6 is 0 Å². The van der Waals surface area contributed by atoms with Crippen molar-refractivity contribution in [3.8, 4) is 12.3 Å². The summed E-state index contributed by atoms with van der Waals surface area (Å²) in [5.74, 6) is 2.62. The number of rotatable bonds is 9. The van der Waals surface area contributed by atoms with E-state index in [0.717, 1.165) is 5.57 Å². The summed E-state index contributed by atoms with van der Waals surface area (Å²) in [6.07, 6.45) is 7.76. The molecule has 0 rings (SSSR count). The normalized spacial score (nSPS) is 16.2. The number of hydrogen-bond donors (Lipinski definition) is 1. The van der Waals surface area contributed by atoms with Crippen molar-refractivity contribution in [3.05, 3.63) is 11.6 Å². The Morgan fingerprint density at radius 3 is 1.91 bits per heavy atom. The fourth-order valence-corrected chi connectivity index (χ4v) is 9.16. The van der Waals surface area contributed by atoms with Crippen molar-refractivity contribution in [2.75, 3.05) is 6.61 Å². The van der Waals surface area contributed by atoms with Gasteiger partial charge in [0.2, 0.25) is 0 Å². The third kappa shape index (κ3) is 5.26. The predicted molar refractivity (Wildman–Crippen MR) is 99.4 cm³/mol. The first-order chi connectivity index (χ1) is 10.1. The van der Waals surface area contributed by atoms with E-state index in [2.05, 4.69) is 47.5 Å². The lowest BCUT2D eigenvalue weighted by atomic mass is 9.99. The molecule has 0 heterocycles. The summed E-state index contributed by atoms with van der Waals surface area (Å²) < 4.78 is 6.61. The van der Waals surface area contributed by atoms with Gasteiger partial charge in [-0.2, -0.15) is 0 Å². The molecule has 0 bridgehead atoms. The second-order valence-electron chi connectivity index (χ2n) is 7.26. The quantitative estimate of drug-likeness (QED) is 0.470. The third-order valence-electron chi connectivity index (χ3n) is 4.84. The van der Waals surface area contributed by atoms with Gasteiger partial charge in [0.05, 0.1) is 6.10 Å². The molecule has 0 unspecified atom stereocenters. The van der Waals surface area contributed by atoms with E-state index in [1.807, 2.05) is 19.9 Å². The van der Waals surface area contributed by atoms with Gasteiger partial charge in [-0.3, -0.25) is 0 Å². The van der Waals surface area contributed by atoms with E-state index in [1.54, 1.807) is 0 Å². The van der Waals surface area contributed by atoms with Gasteiger partial charge >= 0.3 is 0 Å². The van der Waals surface area contributed by atoms with E-state index in [4.69, 9.17) is 10.8 Å². The topological polar surface area (TPSA) is 29.5 Å². The van der Waals surface area contributed by atoms with Crippen LogP contribution in [-0.2, 0) is 4.43 Å². The summed E-state index contributed by atoms with van der Waals surface area (Å²) in [6, 6.07) is 0. The molecule has 128 valence electrons. The largest absolute Gasteiger partial charge is 0.415 e. The maximum Gasteiger partial charge on any atom is 0.200 e. The summed E-state index contributed by atoms with van der Waals surface area (Å²) in [7, 11) is -1.90. The summed E-state index contributed by atoms with van der Waals surface area (Å²) in [6.45, 7) is 18.1. The third-order valence-corrected chi connectivity index (χ3v) is 10.9. The summed E-state index contributed by atoms with van der Waals surface area (Å²) in [4.78, 5) is 0. The second-order valence-corrected chi connectivity index (χ2v) is 12.7. The molecular weight excluding hydrogens is 288 g/mol. The van der Waals surface area contributed by atoms with E-state index in [1.165, 1.54) is 0 Å². The van der Waals surface area contributed by atoms with Crippen LogP contribution in [-0.4, -0.2) is 26.1 Å². The van der Waals surface area contributed by atoms with Crippen molar-refractivity contribution in [1.29, 1.82) is 0 Å². The molecule has 0 aromatic carbocycles. The number of allylic oxidation sites excluding steroid dienone is 1.